The van der Waals surface area contributed by atoms with Crippen LogP contribution in [0.25, 0.3) is 0 Å². The van der Waals surface area contributed by atoms with E-state index in [1.54, 1.807) is 6.92 Å². The van der Waals surface area contributed by atoms with Crippen molar-refractivity contribution in [3.8, 4) is 0 Å². The molecule has 5 atom stereocenters. The average molecular weight is 206 g/mol. The number of hydrogen-bond acceptors (Lipinski definition) is 5. The van der Waals surface area contributed by atoms with E-state index in [1.807, 2.05) is 6.92 Å². The molecule has 1 rings (SSSR count). The van der Waals surface area contributed by atoms with Crippen molar-refractivity contribution in [2.75, 3.05) is 6.61 Å². The Morgan fingerprint density at radius 2 is 1.86 bits per heavy atom. The number of rotatable bonds is 2. The summed E-state index contributed by atoms with van der Waals surface area (Å²) in [5, 5.41) is 37.5. The van der Waals surface area contributed by atoms with Gasteiger partial charge in [0.15, 0.2) is 6.29 Å². The fraction of sp³-hybridized carbons (Fsp3) is 1.00. The van der Waals surface area contributed by atoms with Crippen LogP contribution in [0.15, 0.2) is 0 Å². The number of hydrogen-bond donors (Lipinski definition) is 4. The van der Waals surface area contributed by atoms with Crippen molar-refractivity contribution in [2.24, 2.45) is 5.41 Å². The number of ether oxygens (including phenoxy) is 1. The van der Waals surface area contributed by atoms with Crippen LogP contribution in [-0.4, -0.2) is 51.6 Å². The first-order valence-corrected chi connectivity index (χ1v) is 4.78. The first-order valence-electron chi connectivity index (χ1n) is 4.78. The van der Waals surface area contributed by atoms with Crippen LogP contribution in [-0.2, 0) is 4.74 Å². The van der Waals surface area contributed by atoms with Gasteiger partial charge in [-0.1, -0.05) is 13.8 Å². The van der Waals surface area contributed by atoms with E-state index in [0.29, 0.717) is 6.42 Å². The molecular formula is C9H18O5. The molecule has 0 radical (unpaired) electrons. The van der Waals surface area contributed by atoms with E-state index in [1.165, 1.54) is 0 Å². The summed E-state index contributed by atoms with van der Waals surface area (Å²) in [6, 6.07) is 0. The van der Waals surface area contributed by atoms with Gasteiger partial charge in [-0.15, -0.1) is 0 Å². The lowest BCUT2D eigenvalue weighted by atomic mass is 9.72. The predicted molar refractivity (Wildman–Crippen MR) is 48.4 cm³/mol. The molecule has 5 unspecified atom stereocenters. The maximum atomic E-state index is 9.77. The van der Waals surface area contributed by atoms with Gasteiger partial charge in [-0.3, -0.25) is 0 Å². The van der Waals surface area contributed by atoms with E-state index in [0.717, 1.165) is 0 Å². The molecule has 5 nitrogen and oxygen atoms in total. The van der Waals surface area contributed by atoms with Crippen molar-refractivity contribution in [1.82, 2.24) is 0 Å². The molecule has 1 heterocycles. The van der Waals surface area contributed by atoms with Crippen LogP contribution in [0.5, 0.6) is 0 Å². The summed E-state index contributed by atoms with van der Waals surface area (Å²) in [6.07, 6.45) is -3.94. The van der Waals surface area contributed by atoms with E-state index in [9.17, 15) is 15.3 Å². The highest BCUT2D eigenvalue weighted by molar-refractivity contribution is 4.96. The number of aliphatic hydroxyl groups excluding tert-OH is 4. The summed E-state index contributed by atoms with van der Waals surface area (Å²) in [5.41, 5.74) is -0.729. The van der Waals surface area contributed by atoms with Crippen molar-refractivity contribution in [2.45, 2.75) is 44.9 Å². The van der Waals surface area contributed by atoms with Crippen LogP contribution in [0.1, 0.15) is 20.3 Å². The molecule has 1 aliphatic heterocycles. The number of aliphatic hydroxyl groups is 4. The maximum Gasteiger partial charge on any atom is 0.183 e. The Kier molecular flexibility index (Phi) is 3.49. The van der Waals surface area contributed by atoms with Crippen LogP contribution in [0.4, 0.5) is 0 Å². The first-order chi connectivity index (χ1) is 6.47. The minimum Gasteiger partial charge on any atom is -0.394 e. The standard InChI is InChI=1S/C9H18O5/c1-3-9(2)5(4-10)14-8(13)6(11)7(9)12/h5-8,10-13H,3-4H2,1-2H3. The van der Waals surface area contributed by atoms with Gasteiger partial charge < -0.3 is 25.2 Å². The smallest absolute Gasteiger partial charge is 0.183 e. The summed E-state index contributed by atoms with van der Waals surface area (Å²) in [6.45, 7) is 3.26. The van der Waals surface area contributed by atoms with Crippen molar-refractivity contribution in [1.29, 1.82) is 0 Å². The third kappa shape index (κ3) is 1.66. The third-order valence-corrected chi connectivity index (χ3v) is 3.26. The Labute approximate surface area is 82.9 Å². The first kappa shape index (κ1) is 11.9. The molecule has 84 valence electrons. The van der Waals surface area contributed by atoms with Gasteiger partial charge in [0.1, 0.15) is 6.10 Å². The second-order valence-electron chi connectivity index (χ2n) is 3.99. The lowest BCUT2D eigenvalue weighted by molar-refractivity contribution is -0.299. The molecule has 14 heavy (non-hydrogen) atoms. The van der Waals surface area contributed by atoms with Crippen LogP contribution in [0, 0.1) is 5.41 Å². The Morgan fingerprint density at radius 1 is 1.29 bits per heavy atom. The van der Waals surface area contributed by atoms with E-state index < -0.39 is 30.0 Å². The van der Waals surface area contributed by atoms with Crippen molar-refractivity contribution in [3.63, 3.8) is 0 Å². The van der Waals surface area contributed by atoms with Gasteiger partial charge >= 0.3 is 0 Å². The van der Waals surface area contributed by atoms with Crippen LogP contribution in [0.2, 0.25) is 0 Å². The predicted octanol–water partition coefficient (Wildman–Crippen LogP) is -1.17. The molecule has 5 heteroatoms. The largest absolute Gasteiger partial charge is 0.394 e. The second-order valence-corrected chi connectivity index (χ2v) is 3.99. The monoisotopic (exact) mass is 206 g/mol. The quantitative estimate of drug-likeness (QED) is 0.457. The Balaban J connectivity index is 2.89. The fourth-order valence-corrected chi connectivity index (χ4v) is 1.83. The van der Waals surface area contributed by atoms with Crippen molar-refractivity contribution in [3.05, 3.63) is 0 Å². The Bertz CT molecular complexity index is 194. The minimum atomic E-state index is -1.43. The summed E-state index contributed by atoms with van der Waals surface area (Å²) >= 11 is 0. The molecular weight excluding hydrogens is 188 g/mol. The van der Waals surface area contributed by atoms with Gasteiger partial charge in [-0.25, -0.2) is 0 Å². The molecule has 0 saturated carbocycles. The normalized spacial score (nSPS) is 49.3. The van der Waals surface area contributed by atoms with E-state index in [2.05, 4.69) is 0 Å². The maximum absolute atomic E-state index is 9.77. The van der Waals surface area contributed by atoms with Gasteiger partial charge in [-0.05, 0) is 6.42 Å². The summed E-state index contributed by atoms with van der Waals surface area (Å²) in [7, 11) is 0. The topological polar surface area (TPSA) is 90.2 Å². The SMILES string of the molecule is CCC1(C)C(CO)OC(O)C(O)C1O. The summed E-state index contributed by atoms with van der Waals surface area (Å²) in [4.78, 5) is 0. The molecule has 0 aromatic rings. The molecule has 0 spiro atoms. The average Bonchev–Trinajstić information content (AvgIpc) is 2.20. The molecule has 4 N–H and O–H groups in total. The van der Waals surface area contributed by atoms with Gasteiger partial charge in [0.25, 0.3) is 0 Å². The van der Waals surface area contributed by atoms with E-state index in [-0.39, 0.29) is 6.61 Å². The molecule has 0 aromatic carbocycles. The molecule has 0 aliphatic carbocycles. The van der Waals surface area contributed by atoms with Gasteiger partial charge in [0.05, 0.1) is 18.8 Å². The molecule has 1 fully saturated rings. The summed E-state index contributed by atoms with van der Waals surface area (Å²) in [5.74, 6) is 0. The lowest BCUT2D eigenvalue weighted by Crippen LogP contribution is -2.60. The van der Waals surface area contributed by atoms with Gasteiger partial charge in [-0.2, -0.15) is 0 Å². The second kappa shape index (κ2) is 4.12. The molecule has 0 amide bonds. The van der Waals surface area contributed by atoms with Crippen LogP contribution < -0.4 is 0 Å². The van der Waals surface area contributed by atoms with E-state index in [4.69, 9.17) is 9.84 Å². The lowest BCUT2D eigenvalue weighted by Gasteiger charge is -2.47. The zero-order chi connectivity index (χ0) is 10.9. The highest BCUT2D eigenvalue weighted by Gasteiger charge is 2.50. The molecule has 1 saturated heterocycles. The van der Waals surface area contributed by atoms with E-state index >= 15 is 0 Å². The fourth-order valence-electron chi connectivity index (χ4n) is 1.83. The highest BCUT2D eigenvalue weighted by atomic mass is 16.6. The van der Waals surface area contributed by atoms with Crippen molar-refractivity contribution < 1.29 is 25.2 Å². The van der Waals surface area contributed by atoms with Gasteiger partial charge in [0.2, 0.25) is 0 Å². The molecule has 1 aliphatic rings. The third-order valence-electron chi connectivity index (χ3n) is 3.26. The summed E-state index contributed by atoms with van der Waals surface area (Å²) < 4.78 is 5.02. The van der Waals surface area contributed by atoms with Gasteiger partial charge in [0, 0.05) is 5.41 Å². The zero-order valence-corrected chi connectivity index (χ0v) is 8.42. The molecule has 0 aromatic heterocycles. The van der Waals surface area contributed by atoms with Crippen molar-refractivity contribution >= 4 is 0 Å². The molecule has 0 bridgehead atoms. The Hall–Kier alpha value is -0.200. The Morgan fingerprint density at radius 3 is 2.29 bits per heavy atom. The zero-order valence-electron chi connectivity index (χ0n) is 8.42. The highest BCUT2D eigenvalue weighted by Crippen LogP contribution is 2.38. The van der Waals surface area contributed by atoms with Crippen LogP contribution in [0.3, 0.4) is 0 Å². The minimum absolute atomic E-state index is 0.287. The van der Waals surface area contributed by atoms with Crippen LogP contribution >= 0.6 is 0 Å².